The summed E-state index contributed by atoms with van der Waals surface area (Å²) in [5.41, 5.74) is 2.52. The molecule has 2 atom stereocenters. The zero-order valence-corrected chi connectivity index (χ0v) is 15.5. The minimum Gasteiger partial charge on any atom is -0.339 e. The fourth-order valence-electron chi connectivity index (χ4n) is 4.19. The van der Waals surface area contributed by atoms with Gasteiger partial charge in [-0.2, -0.15) is 4.98 Å². The number of carbonyl (C=O) groups is 1. The summed E-state index contributed by atoms with van der Waals surface area (Å²) >= 11 is 0. The summed E-state index contributed by atoms with van der Waals surface area (Å²) in [7, 11) is 0. The van der Waals surface area contributed by atoms with Crippen molar-refractivity contribution in [1.82, 2.24) is 9.97 Å². The molecule has 1 aromatic carbocycles. The van der Waals surface area contributed by atoms with E-state index in [4.69, 9.17) is 9.97 Å². The third-order valence-corrected chi connectivity index (χ3v) is 5.53. The van der Waals surface area contributed by atoms with E-state index in [0.29, 0.717) is 29.9 Å². The largest absolute Gasteiger partial charge is 0.339 e. The van der Waals surface area contributed by atoms with Gasteiger partial charge in [-0.15, -0.1) is 0 Å². The number of nitrogens with zero attached hydrogens (tertiary/aromatic N) is 3. The van der Waals surface area contributed by atoms with E-state index in [9.17, 15) is 4.79 Å². The standard InChI is InChI=1S/C21H26N4O/c1-14-8-6-9-15(2)25(14)21-23-17-12-7-13-18(26)19(17)20(24-21)22-16-10-4-3-5-11-16/h3-5,10-11,14-15H,6-9,12-13H2,1-2H3,(H,22,23,24). The van der Waals surface area contributed by atoms with Crippen LogP contribution >= 0.6 is 0 Å². The summed E-state index contributed by atoms with van der Waals surface area (Å²) in [4.78, 5) is 24.6. The highest BCUT2D eigenvalue weighted by Gasteiger charge is 2.31. The molecule has 1 aromatic heterocycles. The van der Waals surface area contributed by atoms with Crippen molar-refractivity contribution in [2.24, 2.45) is 0 Å². The summed E-state index contributed by atoms with van der Waals surface area (Å²) < 4.78 is 0. The van der Waals surface area contributed by atoms with Gasteiger partial charge in [0.05, 0.1) is 11.3 Å². The molecule has 2 aliphatic rings. The van der Waals surface area contributed by atoms with Crippen molar-refractivity contribution in [2.75, 3.05) is 10.2 Å². The van der Waals surface area contributed by atoms with Crippen LogP contribution in [0.1, 0.15) is 62.0 Å². The molecule has 2 heterocycles. The van der Waals surface area contributed by atoms with E-state index in [-0.39, 0.29) is 5.78 Å². The number of aromatic nitrogens is 2. The molecule has 0 bridgehead atoms. The zero-order valence-electron chi connectivity index (χ0n) is 15.5. The second-order valence-corrected chi connectivity index (χ2v) is 7.50. The number of piperidine rings is 1. The van der Waals surface area contributed by atoms with Gasteiger partial charge < -0.3 is 10.2 Å². The lowest BCUT2D eigenvalue weighted by Gasteiger charge is -2.39. The van der Waals surface area contributed by atoms with Crippen LogP contribution in [0.25, 0.3) is 0 Å². The SMILES string of the molecule is CC1CCCC(C)N1c1nc2c(c(Nc3ccccc3)n1)C(=O)CCC2. The number of benzene rings is 1. The lowest BCUT2D eigenvalue weighted by Crippen LogP contribution is -2.45. The molecule has 26 heavy (non-hydrogen) atoms. The van der Waals surface area contributed by atoms with Crippen molar-refractivity contribution >= 4 is 23.2 Å². The lowest BCUT2D eigenvalue weighted by molar-refractivity contribution is 0.0972. The van der Waals surface area contributed by atoms with Gasteiger partial charge in [0.2, 0.25) is 5.95 Å². The molecule has 1 aliphatic carbocycles. The molecule has 0 spiro atoms. The maximum atomic E-state index is 12.6. The Morgan fingerprint density at radius 1 is 1.00 bits per heavy atom. The third-order valence-electron chi connectivity index (χ3n) is 5.53. The maximum absolute atomic E-state index is 12.6. The summed E-state index contributed by atoms with van der Waals surface area (Å²) in [5, 5.41) is 3.37. The number of fused-ring (bicyclic) bond motifs is 1. The van der Waals surface area contributed by atoms with E-state index in [1.54, 1.807) is 0 Å². The van der Waals surface area contributed by atoms with Crippen LogP contribution in [0.3, 0.4) is 0 Å². The Morgan fingerprint density at radius 3 is 2.46 bits per heavy atom. The minimum atomic E-state index is 0.149. The molecule has 0 radical (unpaired) electrons. The average molecular weight is 350 g/mol. The van der Waals surface area contributed by atoms with E-state index >= 15 is 0 Å². The molecule has 0 amide bonds. The fourth-order valence-corrected chi connectivity index (χ4v) is 4.19. The van der Waals surface area contributed by atoms with E-state index in [1.807, 2.05) is 30.3 Å². The monoisotopic (exact) mass is 350 g/mol. The number of hydrogen-bond acceptors (Lipinski definition) is 5. The molecule has 1 N–H and O–H groups in total. The first-order valence-corrected chi connectivity index (χ1v) is 9.68. The Bertz CT molecular complexity index is 795. The number of para-hydroxylation sites is 1. The van der Waals surface area contributed by atoms with Crippen LogP contribution < -0.4 is 10.2 Å². The van der Waals surface area contributed by atoms with Crippen LogP contribution in [0.4, 0.5) is 17.5 Å². The smallest absolute Gasteiger partial charge is 0.228 e. The van der Waals surface area contributed by atoms with Gasteiger partial charge in [-0.1, -0.05) is 18.2 Å². The zero-order chi connectivity index (χ0) is 18.1. The topological polar surface area (TPSA) is 58.1 Å². The van der Waals surface area contributed by atoms with Crippen LogP contribution in [0.2, 0.25) is 0 Å². The number of rotatable bonds is 3. The molecule has 4 rings (SSSR count). The third kappa shape index (κ3) is 3.18. The Kier molecular flexibility index (Phi) is 4.62. The van der Waals surface area contributed by atoms with Crippen molar-refractivity contribution in [3.8, 4) is 0 Å². The Balaban J connectivity index is 1.79. The Hall–Kier alpha value is -2.43. The molecule has 2 aromatic rings. The van der Waals surface area contributed by atoms with E-state index in [1.165, 1.54) is 6.42 Å². The van der Waals surface area contributed by atoms with Gasteiger partial charge in [0.15, 0.2) is 5.78 Å². The molecule has 136 valence electrons. The molecular formula is C21H26N4O. The van der Waals surface area contributed by atoms with Crippen LogP contribution in [0.15, 0.2) is 30.3 Å². The molecule has 1 saturated heterocycles. The number of carbonyl (C=O) groups excluding carboxylic acids is 1. The molecule has 1 aliphatic heterocycles. The fraction of sp³-hybridized carbons (Fsp3) is 0.476. The second kappa shape index (κ2) is 7.06. The highest BCUT2D eigenvalue weighted by Crippen LogP contribution is 2.33. The summed E-state index contributed by atoms with van der Waals surface area (Å²) in [6, 6.07) is 10.8. The van der Waals surface area contributed by atoms with Crippen molar-refractivity contribution in [3.63, 3.8) is 0 Å². The van der Waals surface area contributed by atoms with Gasteiger partial charge in [-0.3, -0.25) is 4.79 Å². The van der Waals surface area contributed by atoms with Crippen molar-refractivity contribution in [1.29, 1.82) is 0 Å². The van der Waals surface area contributed by atoms with Gasteiger partial charge >= 0.3 is 0 Å². The summed E-state index contributed by atoms with van der Waals surface area (Å²) in [6.45, 7) is 4.49. The van der Waals surface area contributed by atoms with Gasteiger partial charge in [0, 0.05) is 24.2 Å². The minimum absolute atomic E-state index is 0.149. The molecule has 1 fully saturated rings. The molecular weight excluding hydrogens is 324 g/mol. The van der Waals surface area contributed by atoms with Crippen molar-refractivity contribution in [3.05, 3.63) is 41.6 Å². The maximum Gasteiger partial charge on any atom is 0.228 e. The van der Waals surface area contributed by atoms with E-state index < -0.39 is 0 Å². The number of ketones is 1. The molecule has 0 saturated carbocycles. The number of Topliss-reactive ketones (excluding diaryl/α,β-unsaturated/α-hetero) is 1. The van der Waals surface area contributed by atoms with Gasteiger partial charge in [0.1, 0.15) is 5.82 Å². The number of aryl methyl sites for hydroxylation is 1. The quantitative estimate of drug-likeness (QED) is 0.883. The Morgan fingerprint density at radius 2 is 1.73 bits per heavy atom. The van der Waals surface area contributed by atoms with Crippen LogP contribution in [-0.4, -0.2) is 27.8 Å². The number of hydrogen-bond donors (Lipinski definition) is 1. The van der Waals surface area contributed by atoms with E-state index in [2.05, 4.69) is 24.1 Å². The van der Waals surface area contributed by atoms with Crippen LogP contribution in [0.5, 0.6) is 0 Å². The molecule has 2 unspecified atom stereocenters. The molecule has 5 nitrogen and oxygen atoms in total. The predicted octanol–water partition coefficient (Wildman–Crippen LogP) is 4.51. The lowest BCUT2D eigenvalue weighted by atomic mass is 9.94. The van der Waals surface area contributed by atoms with Crippen molar-refractivity contribution < 1.29 is 4.79 Å². The Labute approximate surface area is 154 Å². The highest BCUT2D eigenvalue weighted by atomic mass is 16.1. The first-order chi connectivity index (χ1) is 12.6. The van der Waals surface area contributed by atoms with Gasteiger partial charge in [-0.25, -0.2) is 4.98 Å². The average Bonchev–Trinajstić information content (AvgIpc) is 2.62. The summed E-state index contributed by atoms with van der Waals surface area (Å²) in [6.07, 6.45) is 5.86. The highest BCUT2D eigenvalue weighted by molar-refractivity contribution is 6.03. The van der Waals surface area contributed by atoms with Gasteiger partial charge in [0.25, 0.3) is 0 Å². The summed E-state index contributed by atoms with van der Waals surface area (Å²) in [5.74, 6) is 1.57. The first kappa shape index (κ1) is 17.0. The number of anilines is 3. The second-order valence-electron chi connectivity index (χ2n) is 7.50. The van der Waals surface area contributed by atoms with Gasteiger partial charge in [-0.05, 0) is 58.1 Å². The van der Waals surface area contributed by atoms with Crippen molar-refractivity contribution in [2.45, 2.75) is 64.5 Å². The molecule has 5 heteroatoms. The number of nitrogens with one attached hydrogen (secondary N) is 1. The normalized spacial score (nSPS) is 22.8. The van der Waals surface area contributed by atoms with E-state index in [0.717, 1.165) is 43.0 Å². The van der Waals surface area contributed by atoms with Crippen LogP contribution in [0, 0.1) is 0 Å². The predicted molar refractivity (Wildman–Crippen MR) is 104 cm³/mol. The first-order valence-electron chi connectivity index (χ1n) is 9.68. The van der Waals surface area contributed by atoms with Crippen LogP contribution in [-0.2, 0) is 6.42 Å².